The van der Waals surface area contributed by atoms with Gasteiger partial charge in [0.25, 0.3) is 5.91 Å². The van der Waals surface area contributed by atoms with Crippen LogP contribution in [0.3, 0.4) is 0 Å². The minimum absolute atomic E-state index is 0.0361. The number of carbonyl (C=O) groups excluding carboxylic acids is 3. The Kier molecular flexibility index (Phi) is 7.92. The normalized spacial score (nSPS) is 20.8. The Bertz CT molecular complexity index is 1810. The van der Waals surface area contributed by atoms with Gasteiger partial charge < -0.3 is 31.1 Å². The molecule has 2 aliphatic carbocycles. The van der Waals surface area contributed by atoms with E-state index < -0.39 is 28.4 Å². The predicted octanol–water partition coefficient (Wildman–Crippen LogP) is 4.33. The first-order valence-electron chi connectivity index (χ1n) is 14.6. The lowest BCUT2D eigenvalue weighted by Crippen LogP contribution is -2.45. The fraction of sp³-hybridized carbons (Fsp3) is 0.375. The lowest BCUT2D eigenvalue weighted by molar-refractivity contribution is -0.123. The van der Waals surface area contributed by atoms with Gasteiger partial charge in [0, 0.05) is 54.1 Å². The lowest BCUT2D eigenvalue weighted by atomic mass is 9.76. The second-order valence-corrected chi connectivity index (χ2v) is 12.9. The van der Waals surface area contributed by atoms with E-state index >= 15 is 0 Å². The fourth-order valence-electron chi connectivity index (χ4n) is 5.65. The van der Waals surface area contributed by atoms with Crippen molar-refractivity contribution in [3.05, 3.63) is 63.0 Å². The number of rotatable bonds is 11. The standard InChI is InChI=1S/C32H31Cl2FN6O5/c1-30(29(37)44)15-46-26-20(30)11-22(41-25(26)19-5-8-38-27(34)23(19)33)31(14-42,18-3-4-18)13-39-28(43)16-9-17(12-40-32(35)6-7-32)24(36)21(10-16)45-2/h5,8-12,14,18H,3-4,6-7,13,15,36H2,1-2H3,(H2,37,44)(H,39,43)/b40-12+/t30-,31+/m0/s1. The van der Waals surface area contributed by atoms with Crippen molar-refractivity contribution in [3.63, 3.8) is 0 Å². The van der Waals surface area contributed by atoms with E-state index in [1.54, 1.807) is 19.1 Å². The topological polar surface area (TPSA) is 172 Å². The molecule has 1 aliphatic heterocycles. The van der Waals surface area contributed by atoms with E-state index in [-0.39, 0.29) is 51.9 Å². The maximum absolute atomic E-state index is 14.2. The number of aromatic nitrogens is 2. The van der Waals surface area contributed by atoms with Gasteiger partial charge in [-0.15, -0.1) is 0 Å². The van der Waals surface area contributed by atoms with Crippen LogP contribution in [0.1, 0.15) is 59.8 Å². The molecule has 240 valence electrons. The van der Waals surface area contributed by atoms with E-state index in [0.717, 1.165) is 6.29 Å². The van der Waals surface area contributed by atoms with E-state index in [9.17, 15) is 18.8 Å². The van der Waals surface area contributed by atoms with E-state index in [1.807, 2.05) is 0 Å². The fourth-order valence-corrected chi connectivity index (χ4v) is 6.01. The summed E-state index contributed by atoms with van der Waals surface area (Å²) in [6.45, 7) is 1.48. The Morgan fingerprint density at radius 3 is 2.65 bits per heavy atom. The number of methoxy groups -OCH3 is 1. The van der Waals surface area contributed by atoms with Gasteiger partial charge in [0.05, 0.1) is 28.9 Å². The first kappa shape index (κ1) is 31.7. The highest BCUT2D eigenvalue weighted by Crippen LogP contribution is 2.51. The number of amides is 2. The van der Waals surface area contributed by atoms with Crippen molar-refractivity contribution in [3.8, 4) is 22.8 Å². The van der Waals surface area contributed by atoms with Gasteiger partial charge >= 0.3 is 0 Å². The number of nitrogens with zero attached hydrogens (tertiary/aromatic N) is 3. The maximum atomic E-state index is 14.2. The zero-order valence-corrected chi connectivity index (χ0v) is 26.5. The van der Waals surface area contributed by atoms with Crippen LogP contribution in [0.2, 0.25) is 10.2 Å². The van der Waals surface area contributed by atoms with Crippen molar-refractivity contribution in [2.24, 2.45) is 16.6 Å². The molecule has 2 aromatic heterocycles. The zero-order valence-electron chi connectivity index (χ0n) is 25.0. The van der Waals surface area contributed by atoms with Crippen molar-refractivity contribution in [1.82, 2.24) is 15.3 Å². The summed E-state index contributed by atoms with van der Waals surface area (Å²) >= 11 is 12.8. The third kappa shape index (κ3) is 5.43. The summed E-state index contributed by atoms with van der Waals surface area (Å²) in [4.78, 5) is 52.3. The number of hydrogen-bond donors (Lipinski definition) is 3. The van der Waals surface area contributed by atoms with Crippen LogP contribution in [0, 0.1) is 5.92 Å². The molecule has 0 radical (unpaired) electrons. The van der Waals surface area contributed by atoms with Crippen LogP contribution in [0.25, 0.3) is 11.3 Å². The van der Waals surface area contributed by atoms with Crippen molar-refractivity contribution in [2.75, 3.05) is 26.0 Å². The molecule has 11 nitrogen and oxygen atoms in total. The molecule has 0 bridgehead atoms. The molecule has 2 atom stereocenters. The SMILES string of the molecule is COc1cc(C(=O)NC[C@](C=O)(c2cc3c(c(-c4ccnc(Cl)c4Cl)n2)OC[C@]3(C)C(N)=O)C2CC2)cc(/C=N/C2(F)CC2)c1N. The van der Waals surface area contributed by atoms with Crippen molar-refractivity contribution in [2.45, 2.75) is 49.2 Å². The summed E-state index contributed by atoms with van der Waals surface area (Å²) in [6.07, 6.45) is 5.58. The van der Waals surface area contributed by atoms with Crippen molar-refractivity contribution < 1.29 is 28.2 Å². The zero-order chi connectivity index (χ0) is 33.0. The molecular formula is C32H31Cl2FN6O5. The monoisotopic (exact) mass is 668 g/mol. The number of hydrogen-bond acceptors (Lipinski definition) is 9. The van der Waals surface area contributed by atoms with Crippen molar-refractivity contribution >= 4 is 53.2 Å². The summed E-state index contributed by atoms with van der Waals surface area (Å²) in [5, 5.41) is 3.03. The molecule has 5 N–H and O–H groups in total. The van der Waals surface area contributed by atoms with Gasteiger partial charge in [0.1, 0.15) is 40.7 Å². The van der Waals surface area contributed by atoms with Gasteiger partial charge in [0.2, 0.25) is 5.91 Å². The molecule has 0 saturated heterocycles. The van der Waals surface area contributed by atoms with Gasteiger partial charge in [0.15, 0.2) is 5.79 Å². The third-order valence-corrected chi connectivity index (χ3v) is 9.77. The highest BCUT2D eigenvalue weighted by molar-refractivity contribution is 6.43. The molecule has 0 unspecified atom stereocenters. The number of ether oxygens (including phenoxy) is 2. The van der Waals surface area contributed by atoms with E-state index in [0.29, 0.717) is 53.8 Å². The summed E-state index contributed by atoms with van der Waals surface area (Å²) in [7, 11) is 1.40. The lowest BCUT2D eigenvalue weighted by Gasteiger charge is -2.30. The molecule has 2 fully saturated rings. The van der Waals surface area contributed by atoms with Crippen LogP contribution in [-0.2, 0) is 20.4 Å². The Morgan fingerprint density at radius 2 is 2.02 bits per heavy atom. The Morgan fingerprint density at radius 1 is 1.28 bits per heavy atom. The number of benzene rings is 1. The number of halogens is 3. The first-order valence-corrected chi connectivity index (χ1v) is 15.4. The summed E-state index contributed by atoms with van der Waals surface area (Å²) < 4.78 is 25.5. The van der Waals surface area contributed by atoms with Crippen LogP contribution in [0.4, 0.5) is 10.1 Å². The van der Waals surface area contributed by atoms with Gasteiger partial charge in [-0.2, -0.15) is 0 Å². The van der Waals surface area contributed by atoms with E-state index in [4.69, 9.17) is 49.1 Å². The number of fused-ring (bicyclic) bond motifs is 1. The molecule has 3 aliphatic rings. The quantitative estimate of drug-likeness (QED) is 0.0890. The average Bonchev–Trinajstić information content (AvgIpc) is 3.98. The van der Waals surface area contributed by atoms with Gasteiger partial charge in [-0.25, -0.2) is 14.4 Å². The van der Waals surface area contributed by atoms with Gasteiger partial charge in [-0.1, -0.05) is 23.2 Å². The number of nitrogens with two attached hydrogens (primary N) is 2. The number of nitrogens with one attached hydrogen (secondary N) is 1. The highest BCUT2D eigenvalue weighted by Gasteiger charge is 2.51. The Labute approximate surface area is 273 Å². The van der Waals surface area contributed by atoms with Crippen LogP contribution < -0.4 is 26.3 Å². The molecule has 2 saturated carbocycles. The van der Waals surface area contributed by atoms with Gasteiger partial charge in [-0.05, 0) is 49.9 Å². The minimum atomic E-state index is -1.62. The number of pyridine rings is 2. The highest BCUT2D eigenvalue weighted by atomic mass is 35.5. The summed E-state index contributed by atoms with van der Waals surface area (Å²) in [6, 6.07) is 6.20. The minimum Gasteiger partial charge on any atom is -0.495 e. The smallest absolute Gasteiger partial charge is 0.251 e. The number of carbonyl (C=O) groups is 3. The summed E-state index contributed by atoms with van der Waals surface area (Å²) in [5.41, 5.74) is 11.6. The number of anilines is 1. The number of primary amides is 1. The van der Waals surface area contributed by atoms with Crippen LogP contribution in [0.15, 0.2) is 35.5 Å². The second kappa shape index (κ2) is 11.5. The molecule has 1 aromatic carbocycles. The third-order valence-electron chi connectivity index (χ3n) is 9.01. The second-order valence-electron chi connectivity index (χ2n) is 12.2. The van der Waals surface area contributed by atoms with Crippen LogP contribution >= 0.6 is 23.2 Å². The number of aliphatic imine (C=N–C) groups is 1. The van der Waals surface area contributed by atoms with Gasteiger partial charge in [-0.3, -0.25) is 14.6 Å². The molecule has 6 rings (SSSR count). The van der Waals surface area contributed by atoms with Crippen LogP contribution in [-0.4, -0.2) is 60.3 Å². The number of aldehydes is 1. The molecule has 3 heterocycles. The molecular weight excluding hydrogens is 638 g/mol. The average molecular weight is 670 g/mol. The predicted molar refractivity (Wildman–Crippen MR) is 170 cm³/mol. The largest absolute Gasteiger partial charge is 0.495 e. The molecule has 0 spiro atoms. The van der Waals surface area contributed by atoms with Crippen molar-refractivity contribution in [1.29, 1.82) is 0 Å². The number of alkyl halides is 1. The molecule has 46 heavy (non-hydrogen) atoms. The Hall–Kier alpha value is -4.29. The molecule has 3 aromatic rings. The summed E-state index contributed by atoms with van der Waals surface area (Å²) in [5.74, 6) is -2.43. The maximum Gasteiger partial charge on any atom is 0.251 e. The molecule has 14 heteroatoms. The number of nitrogen functional groups attached to an aromatic ring is 1. The van der Waals surface area contributed by atoms with E-state index in [2.05, 4.69) is 15.3 Å². The Balaban J connectivity index is 1.41. The van der Waals surface area contributed by atoms with Crippen LogP contribution in [0.5, 0.6) is 11.5 Å². The van der Waals surface area contributed by atoms with E-state index in [1.165, 1.54) is 31.7 Å². The molecule has 2 amide bonds. The first-order chi connectivity index (χ1) is 21.9.